The van der Waals surface area contributed by atoms with Crippen LogP contribution < -0.4 is 0 Å². The van der Waals surface area contributed by atoms with E-state index in [0.29, 0.717) is 0 Å². The molecule has 16 heavy (non-hydrogen) atoms. The Morgan fingerprint density at radius 2 is 1.69 bits per heavy atom. The molecule has 0 radical (unpaired) electrons. The summed E-state index contributed by atoms with van der Waals surface area (Å²) in [7, 11) is 0. The van der Waals surface area contributed by atoms with Gasteiger partial charge in [-0.05, 0) is 32.3 Å². The summed E-state index contributed by atoms with van der Waals surface area (Å²) in [6.45, 7) is 4.43. The van der Waals surface area contributed by atoms with E-state index in [2.05, 4.69) is 50.1 Å². The van der Waals surface area contributed by atoms with Gasteiger partial charge in [-0.2, -0.15) is 0 Å². The minimum absolute atomic E-state index is 0.0507. The molecule has 0 atom stereocenters. The van der Waals surface area contributed by atoms with Crippen LogP contribution in [-0.2, 0) is 5.41 Å². The van der Waals surface area contributed by atoms with Gasteiger partial charge < -0.3 is 0 Å². The first-order valence-corrected chi connectivity index (χ1v) is 6.16. The lowest BCUT2D eigenvalue weighted by Gasteiger charge is -2.41. The predicted octanol–water partition coefficient (Wildman–Crippen LogP) is 4.16. The summed E-state index contributed by atoms with van der Waals surface area (Å²) in [5, 5.41) is 0. The molecule has 0 saturated heterocycles. The quantitative estimate of drug-likeness (QED) is 0.646. The van der Waals surface area contributed by atoms with Gasteiger partial charge in [0.1, 0.15) is 0 Å². The van der Waals surface area contributed by atoms with Gasteiger partial charge in [-0.15, -0.1) is 6.42 Å². The minimum atomic E-state index is -0.0507. The highest BCUT2D eigenvalue weighted by Crippen LogP contribution is 2.52. The Balaban J connectivity index is 2.50. The molecule has 0 aromatic heterocycles. The second-order valence-corrected chi connectivity index (χ2v) is 5.42. The molecule has 0 bridgehead atoms. The smallest absolute Gasteiger partial charge is 0.0352 e. The van der Waals surface area contributed by atoms with Crippen LogP contribution in [0.4, 0.5) is 0 Å². The average Bonchev–Trinajstić information content (AvgIpc) is 2.81. The fourth-order valence-electron chi connectivity index (χ4n) is 3.15. The second-order valence-electron chi connectivity index (χ2n) is 5.42. The van der Waals surface area contributed by atoms with Gasteiger partial charge in [-0.25, -0.2) is 0 Å². The Labute approximate surface area is 99.1 Å². The lowest BCUT2D eigenvalue weighted by molar-refractivity contribution is 0.236. The number of hydrogen-bond donors (Lipinski definition) is 0. The first kappa shape index (κ1) is 11.3. The summed E-state index contributed by atoms with van der Waals surface area (Å²) in [6, 6.07) is 10.8. The second kappa shape index (κ2) is 3.98. The van der Waals surface area contributed by atoms with Gasteiger partial charge in [0, 0.05) is 10.8 Å². The van der Waals surface area contributed by atoms with Crippen molar-refractivity contribution in [2.45, 2.75) is 44.9 Å². The summed E-state index contributed by atoms with van der Waals surface area (Å²) >= 11 is 0. The lowest BCUT2D eigenvalue weighted by Crippen LogP contribution is -2.38. The highest BCUT2D eigenvalue weighted by Gasteiger charge is 2.46. The molecule has 0 heterocycles. The summed E-state index contributed by atoms with van der Waals surface area (Å²) < 4.78 is 0. The van der Waals surface area contributed by atoms with Gasteiger partial charge in [0.05, 0.1) is 0 Å². The zero-order chi connectivity index (χ0) is 11.6. The van der Waals surface area contributed by atoms with Crippen molar-refractivity contribution in [1.29, 1.82) is 0 Å². The average molecular weight is 212 g/mol. The van der Waals surface area contributed by atoms with Crippen molar-refractivity contribution >= 4 is 0 Å². The Morgan fingerprint density at radius 3 is 2.19 bits per heavy atom. The Kier molecular flexibility index (Phi) is 2.80. The zero-order valence-corrected chi connectivity index (χ0v) is 10.3. The van der Waals surface area contributed by atoms with Crippen molar-refractivity contribution in [2.75, 3.05) is 0 Å². The third kappa shape index (κ3) is 1.55. The molecule has 1 aromatic rings. The van der Waals surface area contributed by atoms with Crippen molar-refractivity contribution in [3.63, 3.8) is 0 Å². The Morgan fingerprint density at radius 1 is 1.12 bits per heavy atom. The molecule has 0 spiro atoms. The van der Waals surface area contributed by atoms with Crippen LogP contribution in [0.5, 0.6) is 0 Å². The highest BCUT2D eigenvalue weighted by molar-refractivity contribution is 5.33. The molecule has 0 unspecified atom stereocenters. The first-order chi connectivity index (χ1) is 7.62. The van der Waals surface area contributed by atoms with Gasteiger partial charge in [0.15, 0.2) is 0 Å². The van der Waals surface area contributed by atoms with E-state index in [-0.39, 0.29) is 10.8 Å². The Hall–Kier alpha value is -1.22. The molecule has 0 heteroatoms. The third-order valence-corrected chi connectivity index (χ3v) is 4.34. The van der Waals surface area contributed by atoms with Gasteiger partial charge in [0.25, 0.3) is 0 Å². The van der Waals surface area contributed by atoms with Crippen molar-refractivity contribution in [2.24, 2.45) is 5.41 Å². The van der Waals surface area contributed by atoms with Crippen LogP contribution in [0.25, 0.3) is 0 Å². The van der Waals surface area contributed by atoms with E-state index in [4.69, 9.17) is 6.42 Å². The van der Waals surface area contributed by atoms with E-state index >= 15 is 0 Å². The SMILES string of the molecule is C#CC(C)(C)C1(c2ccccc2)CCCC1. The molecule has 0 amide bonds. The number of hydrogen-bond acceptors (Lipinski definition) is 0. The van der Waals surface area contributed by atoms with Crippen LogP contribution in [0.1, 0.15) is 45.1 Å². The fraction of sp³-hybridized carbons (Fsp3) is 0.500. The van der Waals surface area contributed by atoms with Crippen LogP contribution in [0.2, 0.25) is 0 Å². The summed E-state index contributed by atoms with van der Waals surface area (Å²) in [6.07, 6.45) is 10.8. The molecule has 1 fully saturated rings. The molecule has 1 saturated carbocycles. The maximum absolute atomic E-state index is 5.76. The van der Waals surface area contributed by atoms with Gasteiger partial charge in [-0.1, -0.05) is 49.1 Å². The molecule has 1 aromatic carbocycles. The standard InChI is InChI=1S/C16H20/c1-4-15(2,3)16(12-8-9-13-16)14-10-6-5-7-11-14/h1,5-7,10-11H,8-9,12-13H2,2-3H3. The van der Waals surface area contributed by atoms with Crippen molar-refractivity contribution in [3.8, 4) is 12.3 Å². The van der Waals surface area contributed by atoms with E-state index < -0.39 is 0 Å². The number of benzene rings is 1. The van der Waals surface area contributed by atoms with Crippen LogP contribution in [0.3, 0.4) is 0 Å². The zero-order valence-electron chi connectivity index (χ0n) is 10.3. The number of rotatable bonds is 2. The van der Waals surface area contributed by atoms with Crippen molar-refractivity contribution < 1.29 is 0 Å². The fourth-order valence-corrected chi connectivity index (χ4v) is 3.15. The molecular weight excluding hydrogens is 192 g/mol. The molecule has 0 N–H and O–H groups in total. The normalized spacial score (nSPS) is 19.3. The predicted molar refractivity (Wildman–Crippen MR) is 69.2 cm³/mol. The molecule has 1 aliphatic carbocycles. The van der Waals surface area contributed by atoms with Crippen molar-refractivity contribution in [1.82, 2.24) is 0 Å². The topological polar surface area (TPSA) is 0 Å². The van der Waals surface area contributed by atoms with Crippen LogP contribution in [0.15, 0.2) is 30.3 Å². The summed E-state index contributed by atoms with van der Waals surface area (Å²) in [5.74, 6) is 3.02. The van der Waals surface area contributed by atoms with Gasteiger partial charge >= 0.3 is 0 Å². The Bertz CT molecular complexity index is 386. The largest absolute Gasteiger partial charge is 0.120 e. The molecule has 84 valence electrons. The van der Waals surface area contributed by atoms with E-state index in [0.717, 1.165) is 0 Å². The molecule has 0 aliphatic heterocycles. The van der Waals surface area contributed by atoms with E-state index in [9.17, 15) is 0 Å². The monoisotopic (exact) mass is 212 g/mol. The van der Waals surface area contributed by atoms with Gasteiger partial charge in [0.2, 0.25) is 0 Å². The lowest BCUT2D eigenvalue weighted by atomic mass is 9.61. The highest BCUT2D eigenvalue weighted by atomic mass is 14.5. The molecule has 0 nitrogen and oxygen atoms in total. The van der Waals surface area contributed by atoms with E-state index in [1.54, 1.807) is 0 Å². The van der Waals surface area contributed by atoms with Crippen molar-refractivity contribution in [3.05, 3.63) is 35.9 Å². The number of terminal acetylenes is 1. The summed E-state index contributed by atoms with van der Waals surface area (Å²) in [4.78, 5) is 0. The minimum Gasteiger partial charge on any atom is -0.120 e. The summed E-state index contributed by atoms with van der Waals surface area (Å²) in [5.41, 5.74) is 1.57. The van der Waals surface area contributed by atoms with Crippen LogP contribution >= 0.6 is 0 Å². The first-order valence-electron chi connectivity index (χ1n) is 6.16. The maximum Gasteiger partial charge on any atom is 0.0352 e. The maximum atomic E-state index is 5.76. The van der Waals surface area contributed by atoms with Crippen LogP contribution in [-0.4, -0.2) is 0 Å². The van der Waals surface area contributed by atoms with Gasteiger partial charge in [-0.3, -0.25) is 0 Å². The molecule has 2 rings (SSSR count). The molecule has 1 aliphatic rings. The van der Waals surface area contributed by atoms with E-state index in [1.807, 2.05) is 0 Å². The van der Waals surface area contributed by atoms with Crippen LogP contribution in [0, 0.1) is 17.8 Å². The third-order valence-electron chi connectivity index (χ3n) is 4.34. The molecular formula is C16H20. The van der Waals surface area contributed by atoms with E-state index in [1.165, 1.54) is 31.2 Å².